The fourth-order valence-electron chi connectivity index (χ4n) is 1.26. The molecular formula is C11H10ClNO5. The Balaban J connectivity index is 3.07. The molecule has 6 nitrogen and oxygen atoms in total. The fraction of sp³-hybridized carbons (Fsp3) is 0.182. The first kappa shape index (κ1) is 14.0. The number of hydrogen-bond acceptors (Lipinski definition) is 3. The standard InChI is InChI=1S/C11H10ClNO5/c12-2-1-9(14)13-8-4-6(10(15)16)3-7(5-8)11(17)18/h3-5H,1-2H2,(H,13,14)(H,15,16)(H,17,18). The molecule has 18 heavy (non-hydrogen) atoms. The van der Waals surface area contributed by atoms with Crippen LogP contribution < -0.4 is 5.32 Å². The molecule has 0 spiro atoms. The minimum absolute atomic E-state index is 0.0568. The van der Waals surface area contributed by atoms with E-state index in [1.54, 1.807) is 0 Å². The van der Waals surface area contributed by atoms with Crippen LogP contribution in [-0.4, -0.2) is 33.9 Å². The Kier molecular flexibility index (Phi) is 4.67. The number of nitrogens with one attached hydrogen (secondary N) is 1. The maximum Gasteiger partial charge on any atom is 0.335 e. The van der Waals surface area contributed by atoms with Gasteiger partial charge in [-0.15, -0.1) is 11.6 Å². The van der Waals surface area contributed by atoms with Crippen LogP contribution in [0.15, 0.2) is 18.2 Å². The lowest BCUT2D eigenvalue weighted by Crippen LogP contribution is -2.13. The van der Waals surface area contributed by atoms with E-state index in [4.69, 9.17) is 21.8 Å². The molecule has 1 rings (SSSR count). The third-order valence-electron chi connectivity index (χ3n) is 2.03. The first-order valence-electron chi connectivity index (χ1n) is 4.91. The second-order valence-electron chi connectivity index (χ2n) is 3.40. The lowest BCUT2D eigenvalue weighted by atomic mass is 10.1. The van der Waals surface area contributed by atoms with Gasteiger partial charge in [0.15, 0.2) is 0 Å². The van der Waals surface area contributed by atoms with Gasteiger partial charge in [-0.05, 0) is 18.2 Å². The number of carbonyl (C=O) groups excluding carboxylic acids is 1. The van der Waals surface area contributed by atoms with Crippen molar-refractivity contribution in [2.75, 3.05) is 11.2 Å². The van der Waals surface area contributed by atoms with Crippen LogP contribution in [-0.2, 0) is 4.79 Å². The van der Waals surface area contributed by atoms with Crippen LogP contribution in [0, 0.1) is 0 Å². The van der Waals surface area contributed by atoms with E-state index in [1.165, 1.54) is 12.1 Å². The van der Waals surface area contributed by atoms with Gasteiger partial charge in [0, 0.05) is 18.0 Å². The van der Waals surface area contributed by atoms with E-state index < -0.39 is 17.8 Å². The van der Waals surface area contributed by atoms with E-state index >= 15 is 0 Å². The number of rotatable bonds is 5. The number of carbonyl (C=O) groups is 3. The van der Waals surface area contributed by atoms with E-state index in [-0.39, 0.29) is 29.1 Å². The summed E-state index contributed by atoms with van der Waals surface area (Å²) < 4.78 is 0. The average Bonchev–Trinajstić information content (AvgIpc) is 2.28. The molecule has 0 aliphatic carbocycles. The Morgan fingerprint density at radius 3 is 1.94 bits per heavy atom. The van der Waals surface area contributed by atoms with E-state index in [2.05, 4.69) is 5.32 Å². The van der Waals surface area contributed by atoms with Crippen LogP contribution >= 0.6 is 11.6 Å². The molecule has 0 atom stereocenters. The largest absolute Gasteiger partial charge is 0.478 e. The quantitative estimate of drug-likeness (QED) is 0.707. The summed E-state index contributed by atoms with van der Waals surface area (Å²) in [5.74, 6) is -2.84. The summed E-state index contributed by atoms with van der Waals surface area (Å²) in [7, 11) is 0. The van der Waals surface area contributed by atoms with Crippen molar-refractivity contribution in [1.82, 2.24) is 0 Å². The van der Waals surface area contributed by atoms with Gasteiger partial charge in [0.2, 0.25) is 5.91 Å². The molecule has 0 heterocycles. The molecular weight excluding hydrogens is 262 g/mol. The third-order valence-corrected chi connectivity index (χ3v) is 2.22. The number of anilines is 1. The van der Waals surface area contributed by atoms with Crippen LogP contribution in [0.3, 0.4) is 0 Å². The van der Waals surface area contributed by atoms with Gasteiger partial charge < -0.3 is 15.5 Å². The number of halogens is 1. The molecule has 1 aromatic rings. The Morgan fingerprint density at radius 2 is 1.56 bits per heavy atom. The van der Waals surface area contributed by atoms with Gasteiger partial charge in [0.05, 0.1) is 11.1 Å². The van der Waals surface area contributed by atoms with Gasteiger partial charge in [0.25, 0.3) is 0 Å². The van der Waals surface area contributed by atoms with Crippen molar-refractivity contribution in [2.45, 2.75) is 6.42 Å². The second-order valence-corrected chi connectivity index (χ2v) is 3.77. The highest BCUT2D eigenvalue weighted by Gasteiger charge is 2.12. The summed E-state index contributed by atoms with van der Waals surface area (Å²) in [6.45, 7) is 0. The zero-order valence-corrected chi connectivity index (χ0v) is 9.90. The molecule has 0 fully saturated rings. The van der Waals surface area contributed by atoms with Gasteiger partial charge in [-0.25, -0.2) is 9.59 Å². The molecule has 3 N–H and O–H groups in total. The number of aromatic carboxylic acids is 2. The molecule has 0 saturated heterocycles. The third kappa shape index (κ3) is 3.74. The molecule has 0 radical (unpaired) electrons. The number of amides is 1. The molecule has 96 valence electrons. The maximum absolute atomic E-state index is 11.3. The van der Waals surface area contributed by atoms with E-state index in [0.717, 1.165) is 6.07 Å². The molecule has 0 saturated carbocycles. The SMILES string of the molecule is O=C(CCCl)Nc1cc(C(=O)O)cc(C(=O)O)c1. The van der Waals surface area contributed by atoms with E-state index in [1.807, 2.05) is 0 Å². The molecule has 1 amide bonds. The van der Waals surface area contributed by atoms with Crippen molar-refractivity contribution in [3.8, 4) is 0 Å². The smallest absolute Gasteiger partial charge is 0.335 e. The van der Waals surface area contributed by atoms with Crippen molar-refractivity contribution >= 4 is 35.1 Å². The lowest BCUT2D eigenvalue weighted by molar-refractivity contribution is -0.115. The Bertz CT molecular complexity index is 468. The Hall–Kier alpha value is -2.08. The Labute approximate surface area is 107 Å². The first-order valence-corrected chi connectivity index (χ1v) is 5.45. The van der Waals surface area contributed by atoms with Crippen LogP contribution in [0.1, 0.15) is 27.1 Å². The topological polar surface area (TPSA) is 104 Å². The Morgan fingerprint density at radius 1 is 1.06 bits per heavy atom. The average molecular weight is 272 g/mol. The molecule has 0 unspecified atom stereocenters. The van der Waals surface area contributed by atoms with Crippen molar-refractivity contribution in [3.05, 3.63) is 29.3 Å². The molecule has 0 bridgehead atoms. The summed E-state index contributed by atoms with van der Waals surface area (Å²) >= 11 is 5.38. The van der Waals surface area contributed by atoms with Gasteiger partial charge in [-0.3, -0.25) is 4.79 Å². The fourth-order valence-corrected chi connectivity index (χ4v) is 1.43. The predicted octanol–water partition coefficient (Wildman–Crippen LogP) is 1.65. The van der Waals surface area contributed by atoms with Crippen LogP contribution in [0.5, 0.6) is 0 Å². The zero-order valence-electron chi connectivity index (χ0n) is 9.14. The minimum atomic E-state index is -1.27. The molecule has 1 aromatic carbocycles. The summed E-state index contributed by atoms with van der Waals surface area (Å²) in [6, 6.07) is 3.38. The first-order chi connectivity index (χ1) is 8.43. The highest BCUT2D eigenvalue weighted by atomic mass is 35.5. The summed E-state index contributed by atoms with van der Waals surface area (Å²) in [4.78, 5) is 32.9. The van der Waals surface area contributed by atoms with E-state index in [9.17, 15) is 14.4 Å². The molecule has 7 heteroatoms. The number of carboxylic acid groups (broad SMARTS) is 2. The lowest BCUT2D eigenvalue weighted by Gasteiger charge is -2.06. The molecule has 0 aliphatic heterocycles. The highest BCUT2D eigenvalue weighted by Crippen LogP contribution is 2.16. The van der Waals surface area contributed by atoms with Crippen molar-refractivity contribution in [2.24, 2.45) is 0 Å². The van der Waals surface area contributed by atoms with Gasteiger partial charge >= 0.3 is 11.9 Å². The van der Waals surface area contributed by atoms with Gasteiger partial charge in [0.1, 0.15) is 0 Å². The summed E-state index contributed by atoms with van der Waals surface area (Å²) in [5, 5.41) is 20.0. The normalized spacial score (nSPS) is 9.83. The van der Waals surface area contributed by atoms with Crippen LogP contribution in [0.25, 0.3) is 0 Å². The number of hydrogen-bond donors (Lipinski definition) is 3. The maximum atomic E-state index is 11.3. The number of alkyl halides is 1. The monoisotopic (exact) mass is 271 g/mol. The van der Waals surface area contributed by atoms with Crippen LogP contribution in [0.4, 0.5) is 5.69 Å². The number of carboxylic acids is 2. The summed E-state index contributed by atoms with van der Waals surface area (Å²) in [6.07, 6.45) is 0.0568. The molecule has 0 aromatic heterocycles. The second kappa shape index (κ2) is 6.02. The van der Waals surface area contributed by atoms with Crippen LogP contribution in [0.2, 0.25) is 0 Å². The van der Waals surface area contributed by atoms with E-state index in [0.29, 0.717) is 0 Å². The summed E-state index contributed by atoms with van der Waals surface area (Å²) in [5.41, 5.74) is -0.311. The van der Waals surface area contributed by atoms with Gasteiger partial charge in [-0.1, -0.05) is 0 Å². The van der Waals surface area contributed by atoms with Gasteiger partial charge in [-0.2, -0.15) is 0 Å². The van der Waals surface area contributed by atoms with Crippen molar-refractivity contribution in [3.63, 3.8) is 0 Å². The van der Waals surface area contributed by atoms with Crippen molar-refractivity contribution < 1.29 is 24.6 Å². The highest BCUT2D eigenvalue weighted by molar-refractivity contribution is 6.19. The predicted molar refractivity (Wildman–Crippen MR) is 64.3 cm³/mol. The zero-order chi connectivity index (χ0) is 13.7. The number of benzene rings is 1. The molecule has 0 aliphatic rings. The van der Waals surface area contributed by atoms with Crippen molar-refractivity contribution in [1.29, 1.82) is 0 Å². The minimum Gasteiger partial charge on any atom is -0.478 e.